The van der Waals surface area contributed by atoms with Gasteiger partial charge in [0, 0.05) is 11.8 Å². The highest BCUT2D eigenvalue weighted by molar-refractivity contribution is 6.07. The van der Waals surface area contributed by atoms with E-state index in [4.69, 9.17) is 4.74 Å². The van der Waals surface area contributed by atoms with Crippen LogP contribution in [0.3, 0.4) is 0 Å². The van der Waals surface area contributed by atoms with E-state index in [-0.39, 0.29) is 5.78 Å². The molecule has 4 heteroatoms. The number of ketones is 1. The minimum absolute atomic E-state index is 0.0217. The van der Waals surface area contributed by atoms with Crippen molar-refractivity contribution in [3.63, 3.8) is 0 Å². The van der Waals surface area contributed by atoms with Gasteiger partial charge in [-0.25, -0.2) is 0 Å². The third-order valence-corrected chi connectivity index (χ3v) is 3.48. The Morgan fingerprint density at radius 2 is 1.77 bits per heavy atom. The van der Waals surface area contributed by atoms with Crippen LogP contribution in [0.4, 0.5) is 0 Å². The Bertz CT molecular complexity index is 761. The summed E-state index contributed by atoms with van der Waals surface area (Å²) in [4.78, 5) is 12.5. The topological polar surface area (TPSA) is 44.1 Å². The van der Waals surface area contributed by atoms with E-state index in [2.05, 4.69) is 5.10 Å². The molecular weight excluding hydrogens is 276 g/mol. The van der Waals surface area contributed by atoms with Crippen LogP contribution in [0.25, 0.3) is 0 Å². The molecule has 0 unspecified atom stereocenters. The average Bonchev–Trinajstić information content (AvgIpc) is 3.04. The van der Waals surface area contributed by atoms with Gasteiger partial charge in [-0.1, -0.05) is 42.5 Å². The van der Waals surface area contributed by atoms with Crippen LogP contribution in [0, 0.1) is 0 Å². The van der Waals surface area contributed by atoms with E-state index >= 15 is 0 Å². The van der Waals surface area contributed by atoms with Crippen molar-refractivity contribution in [1.29, 1.82) is 0 Å². The number of hydrogen-bond donors (Lipinski definition) is 0. The van der Waals surface area contributed by atoms with Crippen LogP contribution in [-0.4, -0.2) is 22.7 Å². The molecule has 1 aromatic heterocycles. The molecule has 0 aliphatic carbocycles. The molecule has 0 radical (unpaired) electrons. The molecule has 22 heavy (non-hydrogen) atoms. The predicted molar refractivity (Wildman–Crippen MR) is 84.2 cm³/mol. The van der Waals surface area contributed by atoms with Crippen molar-refractivity contribution < 1.29 is 9.53 Å². The van der Waals surface area contributed by atoms with Crippen molar-refractivity contribution in [2.45, 2.75) is 6.54 Å². The summed E-state index contributed by atoms with van der Waals surface area (Å²) in [7, 11) is 1.64. The Morgan fingerprint density at radius 3 is 2.45 bits per heavy atom. The number of carbonyl (C=O) groups excluding carboxylic acids is 1. The first-order valence-corrected chi connectivity index (χ1v) is 7.02. The molecule has 0 spiro atoms. The number of hydrogen-bond acceptors (Lipinski definition) is 3. The van der Waals surface area contributed by atoms with Crippen LogP contribution in [0.15, 0.2) is 66.9 Å². The highest BCUT2D eigenvalue weighted by Gasteiger charge is 2.14. The van der Waals surface area contributed by atoms with Crippen molar-refractivity contribution in [2.24, 2.45) is 0 Å². The average molecular weight is 292 g/mol. The van der Waals surface area contributed by atoms with E-state index in [0.717, 1.165) is 11.3 Å². The Labute approximate surface area is 129 Å². The second-order valence-corrected chi connectivity index (χ2v) is 4.92. The molecule has 0 fully saturated rings. The van der Waals surface area contributed by atoms with Gasteiger partial charge in [-0.2, -0.15) is 5.10 Å². The monoisotopic (exact) mass is 292 g/mol. The molecule has 0 saturated carbocycles. The lowest BCUT2D eigenvalue weighted by molar-refractivity contribution is 0.102. The molecule has 2 aromatic carbocycles. The first kappa shape index (κ1) is 14.1. The second-order valence-electron chi connectivity index (χ2n) is 4.92. The van der Waals surface area contributed by atoms with Gasteiger partial charge in [0.15, 0.2) is 0 Å². The van der Waals surface area contributed by atoms with E-state index < -0.39 is 0 Å². The van der Waals surface area contributed by atoms with Crippen LogP contribution < -0.4 is 4.74 Å². The van der Waals surface area contributed by atoms with Gasteiger partial charge in [0.05, 0.1) is 13.7 Å². The highest BCUT2D eigenvalue weighted by Crippen LogP contribution is 2.14. The fourth-order valence-electron chi connectivity index (χ4n) is 2.29. The van der Waals surface area contributed by atoms with E-state index in [0.29, 0.717) is 17.8 Å². The summed E-state index contributed by atoms with van der Waals surface area (Å²) in [6.07, 6.45) is 1.65. The van der Waals surface area contributed by atoms with Gasteiger partial charge in [0.25, 0.3) is 0 Å². The number of aromatic nitrogens is 2. The molecule has 0 aliphatic heterocycles. The number of carbonyl (C=O) groups is 1. The van der Waals surface area contributed by atoms with E-state index in [1.165, 1.54) is 0 Å². The third kappa shape index (κ3) is 2.91. The maximum absolute atomic E-state index is 12.5. The third-order valence-electron chi connectivity index (χ3n) is 3.48. The van der Waals surface area contributed by atoms with Crippen LogP contribution in [0.1, 0.15) is 21.6 Å². The van der Waals surface area contributed by atoms with Crippen LogP contribution >= 0.6 is 0 Å². The first-order chi connectivity index (χ1) is 10.8. The molecule has 3 aromatic rings. The highest BCUT2D eigenvalue weighted by atomic mass is 16.5. The fraction of sp³-hybridized carbons (Fsp3) is 0.111. The van der Waals surface area contributed by atoms with Crippen LogP contribution in [0.2, 0.25) is 0 Å². The standard InChI is InChI=1S/C18H16N2O2/c1-22-16-9-7-14(8-10-16)13-20-17(11-12-19-20)18(21)15-5-3-2-4-6-15/h2-12H,13H2,1H3. The zero-order valence-electron chi connectivity index (χ0n) is 12.3. The molecule has 4 nitrogen and oxygen atoms in total. The van der Waals surface area contributed by atoms with Crippen LogP contribution in [0.5, 0.6) is 5.75 Å². The molecule has 110 valence electrons. The molecule has 1 heterocycles. The number of benzene rings is 2. The van der Waals surface area contributed by atoms with E-state index in [9.17, 15) is 4.79 Å². The normalized spacial score (nSPS) is 10.4. The van der Waals surface area contributed by atoms with E-state index in [1.54, 1.807) is 24.1 Å². The Balaban J connectivity index is 1.84. The minimum Gasteiger partial charge on any atom is -0.497 e. The Kier molecular flexibility index (Phi) is 4.01. The van der Waals surface area contributed by atoms with Crippen molar-refractivity contribution >= 4 is 5.78 Å². The largest absolute Gasteiger partial charge is 0.497 e. The lowest BCUT2D eigenvalue weighted by Crippen LogP contribution is -2.12. The maximum Gasteiger partial charge on any atom is 0.211 e. The summed E-state index contributed by atoms with van der Waals surface area (Å²) < 4.78 is 6.87. The summed E-state index contributed by atoms with van der Waals surface area (Å²) in [5, 5.41) is 4.27. The molecule has 0 atom stereocenters. The van der Waals surface area contributed by atoms with Crippen molar-refractivity contribution in [3.05, 3.63) is 83.7 Å². The summed E-state index contributed by atoms with van der Waals surface area (Å²) in [6, 6.07) is 18.7. The summed E-state index contributed by atoms with van der Waals surface area (Å²) >= 11 is 0. The fourth-order valence-corrected chi connectivity index (χ4v) is 2.29. The summed E-state index contributed by atoms with van der Waals surface area (Å²) in [5.41, 5.74) is 2.31. The number of methoxy groups -OCH3 is 1. The number of nitrogens with zero attached hydrogens (tertiary/aromatic N) is 2. The van der Waals surface area contributed by atoms with Gasteiger partial charge in [0.2, 0.25) is 5.78 Å². The van der Waals surface area contributed by atoms with Crippen molar-refractivity contribution in [2.75, 3.05) is 7.11 Å². The maximum atomic E-state index is 12.5. The second kappa shape index (κ2) is 6.26. The molecule has 3 rings (SSSR count). The molecule has 0 amide bonds. The smallest absolute Gasteiger partial charge is 0.211 e. The van der Waals surface area contributed by atoms with Crippen molar-refractivity contribution in [1.82, 2.24) is 9.78 Å². The van der Waals surface area contributed by atoms with E-state index in [1.807, 2.05) is 54.6 Å². The predicted octanol–water partition coefficient (Wildman–Crippen LogP) is 3.17. The molecule has 0 bridgehead atoms. The van der Waals surface area contributed by atoms with Gasteiger partial charge >= 0.3 is 0 Å². The Hall–Kier alpha value is -2.88. The van der Waals surface area contributed by atoms with Gasteiger partial charge in [-0.15, -0.1) is 0 Å². The van der Waals surface area contributed by atoms with Gasteiger partial charge in [-0.3, -0.25) is 9.48 Å². The SMILES string of the molecule is COc1ccc(Cn2nccc2C(=O)c2ccccc2)cc1. The molecule has 0 saturated heterocycles. The lowest BCUT2D eigenvalue weighted by atomic mass is 10.1. The van der Waals surface area contributed by atoms with Gasteiger partial charge in [-0.05, 0) is 23.8 Å². The molecule has 0 aliphatic rings. The number of rotatable bonds is 5. The molecular formula is C18H16N2O2. The summed E-state index contributed by atoms with van der Waals surface area (Å²) in [5.74, 6) is 0.788. The van der Waals surface area contributed by atoms with Crippen LogP contribution in [-0.2, 0) is 6.54 Å². The number of ether oxygens (including phenoxy) is 1. The molecule has 0 N–H and O–H groups in total. The summed E-state index contributed by atoms with van der Waals surface area (Å²) in [6.45, 7) is 0.547. The zero-order chi connectivity index (χ0) is 15.4. The van der Waals surface area contributed by atoms with Crippen molar-refractivity contribution in [3.8, 4) is 5.75 Å². The minimum atomic E-state index is -0.0217. The first-order valence-electron chi connectivity index (χ1n) is 7.02. The Morgan fingerprint density at radius 1 is 1.05 bits per heavy atom. The van der Waals surface area contributed by atoms with Gasteiger partial charge < -0.3 is 4.74 Å². The zero-order valence-corrected chi connectivity index (χ0v) is 12.3. The lowest BCUT2D eigenvalue weighted by Gasteiger charge is -2.08. The quantitative estimate of drug-likeness (QED) is 0.678. The van der Waals surface area contributed by atoms with Gasteiger partial charge in [0.1, 0.15) is 11.4 Å².